The number of carbonyl (C=O) groups is 1. The van der Waals surface area contributed by atoms with Crippen LogP contribution in [0, 0.1) is 0 Å². The third-order valence-corrected chi connectivity index (χ3v) is 3.34. The van der Waals surface area contributed by atoms with E-state index >= 15 is 0 Å². The number of hydrogen-bond acceptors (Lipinski definition) is 3. The van der Waals surface area contributed by atoms with E-state index in [2.05, 4.69) is 11.9 Å². The van der Waals surface area contributed by atoms with E-state index in [1.165, 1.54) is 6.20 Å². The summed E-state index contributed by atoms with van der Waals surface area (Å²) in [5.74, 6) is -0.428. The second-order valence-electron chi connectivity index (χ2n) is 4.27. The fourth-order valence-corrected chi connectivity index (χ4v) is 2.35. The van der Waals surface area contributed by atoms with Crippen molar-refractivity contribution in [2.24, 2.45) is 0 Å². The third kappa shape index (κ3) is 2.71. The number of hydrogen-bond donors (Lipinski definition) is 0. The Hall–Kier alpha value is -1.61. The molecule has 0 saturated heterocycles. The van der Waals surface area contributed by atoms with Gasteiger partial charge in [-0.1, -0.05) is 43.1 Å². The van der Waals surface area contributed by atoms with Crippen molar-refractivity contribution < 1.29 is 9.53 Å². The van der Waals surface area contributed by atoms with Gasteiger partial charge in [0.05, 0.1) is 22.7 Å². The van der Waals surface area contributed by atoms with Crippen molar-refractivity contribution >= 4 is 28.5 Å². The number of para-hydroxylation sites is 1. The molecule has 0 unspecified atom stereocenters. The van der Waals surface area contributed by atoms with Gasteiger partial charge < -0.3 is 4.74 Å². The highest BCUT2D eigenvalue weighted by molar-refractivity contribution is 6.38. The normalized spacial score (nSPS) is 10.7. The first-order valence-corrected chi connectivity index (χ1v) is 6.80. The highest BCUT2D eigenvalue weighted by Crippen LogP contribution is 2.28. The molecule has 0 fully saturated rings. The number of fused-ring (bicyclic) bond motifs is 1. The molecule has 2 rings (SSSR count). The van der Waals surface area contributed by atoms with Gasteiger partial charge in [-0.3, -0.25) is 4.98 Å². The first-order chi connectivity index (χ1) is 9.19. The van der Waals surface area contributed by atoms with Gasteiger partial charge in [0, 0.05) is 11.6 Å². The quantitative estimate of drug-likeness (QED) is 0.793. The molecule has 0 spiro atoms. The number of pyridine rings is 1. The van der Waals surface area contributed by atoms with Crippen molar-refractivity contribution in [1.29, 1.82) is 0 Å². The van der Waals surface area contributed by atoms with Gasteiger partial charge >= 0.3 is 5.97 Å². The maximum Gasteiger partial charge on any atom is 0.341 e. The molecule has 0 amide bonds. The highest BCUT2D eigenvalue weighted by atomic mass is 35.5. The first-order valence-electron chi connectivity index (χ1n) is 6.42. The number of benzene rings is 1. The van der Waals surface area contributed by atoms with E-state index in [1.54, 1.807) is 6.92 Å². The molecule has 19 heavy (non-hydrogen) atoms. The van der Waals surface area contributed by atoms with E-state index in [4.69, 9.17) is 16.3 Å². The van der Waals surface area contributed by atoms with Gasteiger partial charge in [-0.25, -0.2) is 4.79 Å². The zero-order chi connectivity index (χ0) is 13.8. The lowest BCUT2D eigenvalue weighted by molar-refractivity contribution is 0.0526. The lowest BCUT2D eigenvalue weighted by Gasteiger charge is -2.09. The monoisotopic (exact) mass is 277 g/mol. The van der Waals surface area contributed by atoms with Crippen LogP contribution in [-0.4, -0.2) is 17.6 Å². The molecule has 4 heteroatoms. The summed E-state index contributed by atoms with van der Waals surface area (Å²) in [6, 6.07) is 5.86. The zero-order valence-electron chi connectivity index (χ0n) is 11.1. The summed E-state index contributed by atoms with van der Waals surface area (Å²) in [6.45, 7) is 4.20. The summed E-state index contributed by atoms with van der Waals surface area (Å²) >= 11 is 6.30. The molecule has 2 aromatic rings. The van der Waals surface area contributed by atoms with Crippen molar-refractivity contribution in [2.75, 3.05) is 6.61 Å². The minimum absolute atomic E-state index is 0.322. The van der Waals surface area contributed by atoms with E-state index in [0.717, 1.165) is 29.3 Å². The molecule has 1 aromatic heterocycles. The van der Waals surface area contributed by atoms with Gasteiger partial charge in [0.2, 0.25) is 0 Å². The SMILES string of the molecule is CCCc1cccc2c(Cl)c(C(=O)OCC)cnc12. The summed E-state index contributed by atoms with van der Waals surface area (Å²) in [6.07, 6.45) is 3.49. The molecule has 0 aliphatic rings. The Morgan fingerprint density at radius 1 is 1.37 bits per heavy atom. The van der Waals surface area contributed by atoms with E-state index in [9.17, 15) is 4.79 Å². The number of ether oxygens (including phenoxy) is 1. The second kappa shape index (κ2) is 6.02. The topological polar surface area (TPSA) is 39.2 Å². The van der Waals surface area contributed by atoms with Gasteiger partial charge in [0.25, 0.3) is 0 Å². The van der Waals surface area contributed by atoms with Crippen LogP contribution in [0.15, 0.2) is 24.4 Å². The van der Waals surface area contributed by atoms with Crippen LogP contribution in [0.4, 0.5) is 0 Å². The van der Waals surface area contributed by atoms with Crippen molar-refractivity contribution in [3.8, 4) is 0 Å². The van der Waals surface area contributed by atoms with E-state index in [-0.39, 0.29) is 0 Å². The lowest BCUT2D eigenvalue weighted by atomic mass is 10.0. The smallest absolute Gasteiger partial charge is 0.341 e. The molecule has 0 aliphatic heterocycles. The van der Waals surface area contributed by atoms with Crippen LogP contribution in [-0.2, 0) is 11.2 Å². The molecule has 0 radical (unpaired) electrons. The number of esters is 1. The second-order valence-corrected chi connectivity index (χ2v) is 4.65. The average Bonchev–Trinajstić information content (AvgIpc) is 2.40. The lowest BCUT2D eigenvalue weighted by Crippen LogP contribution is -2.06. The number of carbonyl (C=O) groups excluding carboxylic acids is 1. The maximum absolute atomic E-state index is 11.8. The summed E-state index contributed by atoms with van der Waals surface area (Å²) < 4.78 is 4.97. The molecule has 0 atom stereocenters. The van der Waals surface area contributed by atoms with Gasteiger partial charge in [-0.15, -0.1) is 0 Å². The van der Waals surface area contributed by atoms with Gasteiger partial charge in [0.15, 0.2) is 0 Å². The highest BCUT2D eigenvalue weighted by Gasteiger charge is 2.15. The summed E-state index contributed by atoms with van der Waals surface area (Å²) in [5, 5.41) is 1.22. The molecule has 1 heterocycles. The fraction of sp³-hybridized carbons (Fsp3) is 0.333. The van der Waals surface area contributed by atoms with Crippen LogP contribution < -0.4 is 0 Å². The number of aromatic nitrogens is 1. The minimum atomic E-state index is -0.428. The predicted octanol–water partition coefficient (Wildman–Crippen LogP) is 4.02. The maximum atomic E-state index is 11.8. The molecule has 0 saturated carbocycles. The number of aryl methyl sites for hydroxylation is 1. The Morgan fingerprint density at radius 2 is 2.16 bits per heavy atom. The Balaban J connectivity index is 2.56. The van der Waals surface area contributed by atoms with Gasteiger partial charge in [-0.2, -0.15) is 0 Å². The number of rotatable bonds is 4. The van der Waals surface area contributed by atoms with Crippen LogP contribution >= 0.6 is 11.6 Å². The fourth-order valence-electron chi connectivity index (χ4n) is 2.07. The van der Waals surface area contributed by atoms with Gasteiger partial charge in [-0.05, 0) is 18.9 Å². The Labute approximate surface area is 117 Å². The average molecular weight is 278 g/mol. The van der Waals surface area contributed by atoms with Crippen LogP contribution in [0.2, 0.25) is 5.02 Å². The van der Waals surface area contributed by atoms with Crippen LogP contribution in [0.1, 0.15) is 36.2 Å². The predicted molar refractivity (Wildman–Crippen MR) is 76.7 cm³/mol. The standard InChI is InChI=1S/C15H16ClNO2/c1-3-6-10-7-5-8-11-13(16)12(9-17-14(10)11)15(18)19-4-2/h5,7-9H,3-4,6H2,1-2H3. The Morgan fingerprint density at radius 3 is 2.84 bits per heavy atom. The molecular weight excluding hydrogens is 262 g/mol. The first kappa shape index (κ1) is 13.8. The van der Waals surface area contributed by atoms with Gasteiger partial charge in [0.1, 0.15) is 0 Å². The molecule has 3 nitrogen and oxygen atoms in total. The Bertz CT molecular complexity index is 610. The van der Waals surface area contributed by atoms with Crippen molar-refractivity contribution in [1.82, 2.24) is 4.98 Å². The molecule has 0 bridgehead atoms. The zero-order valence-corrected chi connectivity index (χ0v) is 11.8. The third-order valence-electron chi connectivity index (χ3n) is 2.93. The van der Waals surface area contributed by atoms with Crippen molar-refractivity contribution in [2.45, 2.75) is 26.7 Å². The summed E-state index contributed by atoms with van der Waals surface area (Å²) in [7, 11) is 0. The van der Waals surface area contributed by atoms with E-state index < -0.39 is 5.97 Å². The molecule has 0 N–H and O–H groups in total. The van der Waals surface area contributed by atoms with Crippen LogP contribution in [0.3, 0.4) is 0 Å². The molecule has 1 aromatic carbocycles. The minimum Gasteiger partial charge on any atom is -0.462 e. The van der Waals surface area contributed by atoms with Crippen molar-refractivity contribution in [3.05, 3.63) is 40.5 Å². The summed E-state index contributed by atoms with van der Waals surface area (Å²) in [5.41, 5.74) is 2.34. The number of nitrogens with zero attached hydrogens (tertiary/aromatic N) is 1. The Kier molecular flexibility index (Phi) is 4.38. The van der Waals surface area contributed by atoms with E-state index in [0.29, 0.717) is 17.2 Å². The molecule has 0 aliphatic carbocycles. The van der Waals surface area contributed by atoms with Crippen LogP contribution in [0.5, 0.6) is 0 Å². The molecular formula is C15H16ClNO2. The number of halogens is 1. The van der Waals surface area contributed by atoms with E-state index in [1.807, 2.05) is 18.2 Å². The summed E-state index contributed by atoms with van der Waals surface area (Å²) in [4.78, 5) is 16.2. The van der Waals surface area contributed by atoms with Crippen molar-refractivity contribution in [3.63, 3.8) is 0 Å². The largest absolute Gasteiger partial charge is 0.462 e. The van der Waals surface area contributed by atoms with Crippen LogP contribution in [0.25, 0.3) is 10.9 Å². The molecule has 100 valence electrons.